The lowest BCUT2D eigenvalue weighted by atomic mass is 9.80. The zero-order valence-electron chi connectivity index (χ0n) is 11.6. The molecule has 0 aliphatic heterocycles. The number of imidazole rings is 1. The van der Waals surface area contributed by atoms with Crippen molar-refractivity contribution in [1.29, 1.82) is 0 Å². The monoisotopic (exact) mass is 259 g/mol. The predicted molar refractivity (Wildman–Crippen MR) is 77.6 cm³/mol. The van der Waals surface area contributed by atoms with E-state index in [1.165, 1.54) is 19.3 Å². The highest BCUT2D eigenvalue weighted by molar-refractivity contribution is 5.65. The maximum atomic E-state index is 4.64. The highest BCUT2D eigenvalue weighted by Crippen LogP contribution is 2.31. The first-order valence-electron chi connectivity index (χ1n) is 7.12. The van der Waals surface area contributed by atoms with E-state index in [-0.39, 0.29) is 0 Å². The third kappa shape index (κ3) is 2.37. The molecule has 0 spiro atoms. The van der Waals surface area contributed by atoms with E-state index in [9.17, 15) is 0 Å². The average molecular weight is 259 g/mol. The van der Waals surface area contributed by atoms with E-state index in [1.807, 2.05) is 23.0 Å². The van der Waals surface area contributed by atoms with E-state index in [4.69, 9.17) is 0 Å². The van der Waals surface area contributed by atoms with E-state index in [2.05, 4.69) is 34.4 Å². The van der Waals surface area contributed by atoms with Crippen LogP contribution in [-0.4, -0.2) is 27.0 Å². The molecule has 0 bridgehead atoms. The number of nitrogens with zero attached hydrogens (tertiary/aromatic N) is 3. The van der Waals surface area contributed by atoms with Gasteiger partial charge in [0.2, 0.25) is 0 Å². The van der Waals surface area contributed by atoms with Crippen molar-refractivity contribution in [3.05, 3.63) is 18.6 Å². The molecule has 2 N–H and O–H groups in total. The minimum atomic E-state index is 0.457. The van der Waals surface area contributed by atoms with Gasteiger partial charge in [-0.05, 0) is 32.6 Å². The number of anilines is 2. The van der Waals surface area contributed by atoms with Crippen molar-refractivity contribution in [2.45, 2.75) is 39.2 Å². The van der Waals surface area contributed by atoms with Crippen LogP contribution in [0.2, 0.25) is 0 Å². The molecule has 1 aliphatic carbocycles. The van der Waals surface area contributed by atoms with Crippen LogP contribution in [0.15, 0.2) is 18.6 Å². The molecule has 2 aromatic rings. The van der Waals surface area contributed by atoms with Gasteiger partial charge in [0.1, 0.15) is 5.82 Å². The fraction of sp³-hybridized carbons (Fsp3) is 0.571. The van der Waals surface area contributed by atoms with Crippen LogP contribution in [-0.2, 0) is 0 Å². The number of fused-ring (bicyclic) bond motifs is 1. The lowest BCUT2D eigenvalue weighted by Crippen LogP contribution is -2.31. The molecular weight excluding hydrogens is 238 g/mol. The van der Waals surface area contributed by atoms with Crippen molar-refractivity contribution < 1.29 is 0 Å². The largest absolute Gasteiger partial charge is 0.369 e. The molecule has 5 nitrogen and oxygen atoms in total. The topological polar surface area (TPSA) is 54.2 Å². The van der Waals surface area contributed by atoms with Crippen molar-refractivity contribution in [3.63, 3.8) is 0 Å². The lowest BCUT2D eigenvalue weighted by molar-refractivity contribution is 0.285. The Hall–Kier alpha value is -1.78. The summed E-state index contributed by atoms with van der Waals surface area (Å²) >= 11 is 0. The maximum absolute atomic E-state index is 4.64. The minimum Gasteiger partial charge on any atom is -0.369 e. The number of hydrogen-bond donors (Lipinski definition) is 2. The zero-order valence-corrected chi connectivity index (χ0v) is 11.6. The van der Waals surface area contributed by atoms with Gasteiger partial charge in [0.25, 0.3) is 0 Å². The minimum absolute atomic E-state index is 0.457. The normalized spacial score (nSPS) is 17.2. The van der Waals surface area contributed by atoms with Gasteiger partial charge in [-0.3, -0.25) is 0 Å². The van der Waals surface area contributed by atoms with Gasteiger partial charge in [0, 0.05) is 25.0 Å². The van der Waals surface area contributed by atoms with Crippen molar-refractivity contribution in [2.24, 2.45) is 5.92 Å². The second-order valence-corrected chi connectivity index (χ2v) is 5.29. The molecule has 3 rings (SSSR count). The van der Waals surface area contributed by atoms with E-state index >= 15 is 0 Å². The highest BCUT2D eigenvalue weighted by Gasteiger charge is 2.24. The third-order valence-corrected chi connectivity index (χ3v) is 3.95. The van der Waals surface area contributed by atoms with E-state index in [0.717, 1.165) is 29.7 Å². The molecule has 19 heavy (non-hydrogen) atoms. The Labute approximate surface area is 113 Å². The molecule has 1 atom stereocenters. The predicted octanol–water partition coefficient (Wildman–Crippen LogP) is 2.76. The van der Waals surface area contributed by atoms with Gasteiger partial charge in [-0.25, -0.2) is 9.97 Å². The molecule has 0 aromatic carbocycles. The van der Waals surface area contributed by atoms with Crippen LogP contribution in [0.25, 0.3) is 5.65 Å². The number of hydrogen-bond acceptors (Lipinski definition) is 4. The van der Waals surface area contributed by atoms with Crippen molar-refractivity contribution >= 4 is 17.3 Å². The summed E-state index contributed by atoms with van der Waals surface area (Å²) in [5, 5.41) is 6.80. The van der Waals surface area contributed by atoms with Gasteiger partial charge in [0.05, 0.1) is 6.20 Å². The van der Waals surface area contributed by atoms with Crippen LogP contribution in [0.3, 0.4) is 0 Å². The average Bonchev–Trinajstić information content (AvgIpc) is 2.75. The van der Waals surface area contributed by atoms with Crippen LogP contribution < -0.4 is 10.6 Å². The standard InChI is InChI=1S/C14H21N5/c1-3-15-12-9-19-8-7-16-14(19)13(18-12)17-10(2)11-5-4-6-11/h7-11,15H,3-6H2,1-2H3,(H,17,18). The molecule has 2 aromatic heterocycles. The van der Waals surface area contributed by atoms with Gasteiger partial charge in [-0.1, -0.05) is 6.42 Å². The van der Waals surface area contributed by atoms with Gasteiger partial charge < -0.3 is 15.0 Å². The molecule has 1 unspecified atom stereocenters. The Kier molecular flexibility index (Phi) is 3.27. The van der Waals surface area contributed by atoms with Crippen LogP contribution in [0.5, 0.6) is 0 Å². The molecule has 1 aliphatic rings. The number of aromatic nitrogens is 3. The summed E-state index contributed by atoms with van der Waals surface area (Å²) in [6.45, 7) is 5.18. The van der Waals surface area contributed by atoms with Gasteiger partial charge in [0.15, 0.2) is 11.5 Å². The van der Waals surface area contributed by atoms with E-state index < -0.39 is 0 Å². The van der Waals surface area contributed by atoms with Crippen molar-refractivity contribution in [1.82, 2.24) is 14.4 Å². The second-order valence-electron chi connectivity index (χ2n) is 5.29. The number of nitrogens with one attached hydrogen (secondary N) is 2. The quantitative estimate of drug-likeness (QED) is 0.867. The summed E-state index contributed by atoms with van der Waals surface area (Å²) in [6.07, 6.45) is 9.76. The molecule has 1 saturated carbocycles. The first kappa shape index (κ1) is 12.3. The van der Waals surface area contributed by atoms with Crippen molar-refractivity contribution in [3.8, 4) is 0 Å². The molecule has 0 saturated heterocycles. The second kappa shape index (κ2) is 5.07. The van der Waals surface area contributed by atoms with Crippen LogP contribution in [0, 0.1) is 5.92 Å². The van der Waals surface area contributed by atoms with Crippen LogP contribution >= 0.6 is 0 Å². The zero-order chi connectivity index (χ0) is 13.2. The first-order valence-corrected chi connectivity index (χ1v) is 7.12. The SMILES string of the molecule is CCNc1cn2ccnc2c(NC(C)C2CCC2)n1. The molecule has 0 radical (unpaired) electrons. The molecule has 1 fully saturated rings. The Morgan fingerprint density at radius 3 is 3.00 bits per heavy atom. The summed E-state index contributed by atoms with van der Waals surface area (Å²) in [7, 11) is 0. The summed E-state index contributed by atoms with van der Waals surface area (Å²) in [6, 6.07) is 0.457. The summed E-state index contributed by atoms with van der Waals surface area (Å²) in [5.74, 6) is 2.54. The van der Waals surface area contributed by atoms with Crippen LogP contribution in [0.1, 0.15) is 33.1 Å². The fourth-order valence-corrected chi connectivity index (χ4v) is 2.57. The highest BCUT2D eigenvalue weighted by atomic mass is 15.2. The van der Waals surface area contributed by atoms with Gasteiger partial charge >= 0.3 is 0 Å². The maximum Gasteiger partial charge on any atom is 0.180 e. The van der Waals surface area contributed by atoms with Gasteiger partial charge in [-0.15, -0.1) is 0 Å². The van der Waals surface area contributed by atoms with Gasteiger partial charge in [-0.2, -0.15) is 0 Å². The summed E-state index contributed by atoms with van der Waals surface area (Å²) in [5.41, 5.74) is 0.896. The molecular formula is C14H21N5. The Balaban J connectivity index is 1.88. The van der Waals surface area contributed by atoms with Crippen molar-refractivity contribution in [2.75, 3.05) is 17.2 Å². The van der Waals surface area contributed by atoms with E-state index in [0.29, 0.717) is 6.04 Å². The smallest absolute Gasteiger partial charge is 0.180 e. The third-order valence-electron chi connectivity index (χ3n) is 3.95. The Morgan fingerprint density at radius 1 is 1.47 bits per heavy atom. The molecule has 102 valence electrons. The summed E-state index contributed by atoms with van der Waals surface area (Å²) < 4.78 is 2.01. The fourth-order valence-electron chi connectivity index (χ4n) is 2.57. The Bertz CT molecular complexity index is 558. The lowest BCUT2D eigenvalue weighted by Gasteiger charge is -2.32. The van der Waals surface area contributed by atoms with E-state index in [1.54, 1.807) is 0 Å². The van der Waals surface area contributed by atoms with Crippen LogP contribution in [0.4, 0.5) is 11.6 Å². The number of rotatable bonds is 5. The Morgan fingerprint density at radius 2 is 2.32 bits per heavy atom. The molecule has 0 amide bonds. The first-order chi connectivity index (χ1) is 9.28. The summed E-state index contributed by atoms with van der Waals surface area (Å²) in [4.78, 5) is 9.02. The molecule has 2 heterocycles. The molecule has 5 heteroatoms.